The third kappa shape index (κ3) is 1.84. The number of ether oxygens (including phenoxy) is 1. The number of morpholine rings is 1. The first-order chi connectivity index (χ1) is 7.74. The molecule has 0 aromatic heterocycles. The highest BCUT2D eigenvalue weighted by molar-refractivity contribution is 5.52. The molecule has 84 valence electrons. The zero-order valence-electron chi connectivity index (χ0n) is 8.54. The molecule has 0 amide bonds. The third-order valence-electron chi connectivity index (χ3n) is 2.53. The van der Waals surface area contributed by atoms with Crippen LogP contribution >= 0.6 is 0 Å². The molecule has 3 nitrogen and oxygen atoms in total. The van der Waals surface area contributed by atoms with E-state index in [0.717, 1.165) is 0 Å². The van der Waals surface area contributed by atoms with Crippen LogP contribution in [0.3, 0.4) is 0 Å². The van der Waals surface area contributed by atoms with Crippen molar-refractivity contribution in [1.29, 1.82) is 5.26 Å². The average Bonchev–Trinajstić information content (AvgIpc) is 2.34. The summed E-state index contributed by atoms with van der Waals surface area (Å²) in [4.78, 5) is 1.71. The Labute approximate surface area is 91.8 Å². The molecule has 0 radical (unpaired) electrons. The molecule has 1 fully saturated rings. The minimum Gasteiger partial charge on any atom is -0.378 e. The van der Waals surface area contributed by atoms with Gasteiger partial charge in [-0.3, -0.25) is 0 Å². The van der Waals surface area contributed by atoms with Crippen molar-refractivity contribution in [3.05, 3.63) is 29.3 Å². The topological polar surface area (TPSA) is 36.3 Å². The Kier molecular flexibility index (Phi) is 3.02. The molecule has 0 N–H and O–H groups in total. The fourth-order valence-corrected chi connectivity index (χ4v) is 1.67. The Balaban J connectivity index is 2.35. The van der Waals surface area contributed by atoms with E-state index in [4.69, 9.17) is 10.00 Å². The van der Waals surface area contributed by atoms with E-state index in [1.807, 2.05) is 0 Å². The van der Waals surface area contributed by atoms with E-state index >= 15 is 0 Å². The van der Waals surface area contributed by atoms with Gasteiger partial charge in [-0.2, -0.15) is 5.26 Å². The lowest BCUT2D eigenvalue weighted by Gasteiger charge is -2.29. The van der Waals surface area contributed by atoms with Crippen molar-refractivity contribution in [2.24, 2.45) is 0 Å². The third-order valence-corrected chi connectivity index (χ3v) is 2.53. The summed E-state index contributed by atoms with van der Waals surface area (Å²) in [6, 6.07) is 4.34. The highest BCUT2D eigenvalue weighted by Crippen LogP contribution is 2.24. The fourth-order valence-electron chi connectivity index (χ4n) is 1.67. The van der Waals surface area contributed by atoms with Crippen LogP contribution in [-0.4, -0.2) is 26.3 Å². The van der Waals surface area contributed by atoms with Crippen molar-refractivity contribution in [3.8, 4) is 6.07 Å². The van der Waals surface area contributed by atoms with Crippen molar-refractivity contribution in [1.82, 2.24) is 0 Å². The van der Waals surface area contributed by atoms with Gasteiger partial charge in [-0.05, 0) is 12.1 Å². The number of benzene rings is 1. The van der Waals surface area contributed by atoms with E-state index in [0.29, 0.717) is 26.3 Å². The zero-order chi connectivity index (χ0) is 11.5. The van der Waals surface area contributed by atoms with Crippen molar-refractivity contribution in [2.45, 2.75) is 0 Å². The van der Waals surface area contributed by atoms with E-state index in [-0.39, 0.29) is 11.3 Å². The number of anilines is 1. The van der Waals surface area contributed by atoms with Gasteiger partial charge in [0.25, 0.3) is 0 Å². The predicted octanol–water partition coefficient (Wildman–Crippen LogP) is 1.67. The van der Waals surface area contributed by atoms with E-state index in [1.165, 1.54) is 12.1 Å². The van der Waals surface area contributed by atoms with E-state index in [9.17, 15) is 8.78 Å². The lowest BCUT2D eigenvalue weighted by Crippen LogP contribution is -2.36. The number of nitriles is 1. The van der Waals surface area contributed by atoms with Crippen molar-refractivity contribution in [2.75, 3.05) is 31.2 Å². The highest BCUT2D eigenvalue weighted by Gasteiger charge is 2.19. The summed E-state index contributed by atoms with van der Waals surface area (Å²) in [6.07, 6.45) is 0. The van der Waals surface area contributed by atoms with Gasteiger partial charge < -0.3 is 9.64 Å². The quantitative estimate of drug-likeness (QED) is 0.728. The van der Waals surface area contributed by atoms with Gasteiger partial charge in [-0.15, -0.1) is 0 Å². The summed E-state index contributed by atoms with van der Waals surface area (Å²) >= 11 is 0. The van der Waals surface area contributed by atoms with Crippen LogP contribution in [0.4, 0.5) is 14.5 Å². The van der Waals surface area contributed by atoms with Gasteiger partial charge in [0.15, 0.2) is 11.6 Å². The molecule has 2 rings (SSSR count). The molecule has 1 heterocycles. The van der Waals surface area contributed by atoms with Crippen LogP contribution in [0.1, 0.15) is 5.56 Å². The normalized spacial score (nSPS) is 15.9. The van der Waals surface area contributed by atoms with Crippen molar-refractivity contribution in [3.63, 3.8) is 0 Å². The zero-order valence-corrected chi connectivity index (χ0v) is 8.54. The molecule has 1 aliphatic rings. The minimum absolute atomic E-state index is 0.194. The second-order valence-electron chi connectivity index (χ2n) is 3.47. The summed E-state index contributed by atoms with van der Waals surface area (Å²) in [5.41, 5.74) is -0.0747. The molecule has 0 bridgehead atoms. The van der Waals surface area contributed by atoms with Crippen LogP contribution in [0, 0.1) is 23.0 Å². The molecule has 0 aliphatic carbocycles. The first-order valence-electron chi connectivity index (χ1n) is 4.95. The molecular formula is C11H10F2N2O. The number of halogens is 2. The van der Waals surface area contributed by atoms with Gasteiger partial charge in [0, 0.05) is 13.1 Å². The maximum absolute atomic E-state index is 13.6. The van der Waals surface area contributed by atoms with Crippen LogP contribution in [0.15, 0.2) is 12.1 Å². The highest BCUT2D eigenvalue weighted by atomic mass is 19.2. The Morgan fingerprint density at radius 3 is 2.50 bits per heavy atom. The Bertz CT molecular complexity index is 436. The van der Waals surface area contributed by atoms with Gasteiger partial charge in [0.05, 0.1) is 24.5 Å². The largest absolute Gasteiger partial charge is 0.378 e. The predicted molar refractivity (Wildman–Crippen MR) is 54.1 cm³/mol. The van der Waals surface area contributed by atoms with Crippen LogP contribution < -0.4 is 4.90 Å². The van der Waals surface area contributed by atoms with Crippen LogP contribution in [0.25, 0.3) is 0 Å². The first kappa shape index (κ1) is 10.8. The van der Waals surface area contributed by atoms with E-state index in [1.54, 1.807) is 11.0 Å². The van der Waals surface area contributed by atoms with Crippen molar-refractivity contribution >= 4 is 5.69 Å². The molecule has 1 aliphatic heterocycles. The summed E-state index contributed by atoms with van der Waals surface area (Å²) in [6.45, 7) is 2.06. The van der Waals surface area contributed by atoms with Crippen LogP contribution in [-0.2, 0) is 4.74 Å². The summed E-state index contributed by atoms with van der Waals surface area (Å²) in [5.74, 6) is -2.03. The molecule has 1 aromatic rings. The molecular weight excluding hydrogens is 214 g/mol. The minimum atomic E-state index is -1.08. The van der Waals surface area contributed by atoms with Gasteiger partial charge in [0.1, 0.15) is 6.07 Å². The monoisotopic (exact) mass is 224 g/mol. The van der Waals surface area contributed by atoms with Gasteiger partial charge in [0.2, 0.25) is 0 Å². The molecule has 0 spiro atoms. The molecule has 1 aromatic carbocycles. The number of nitrogens with zero attached hydrogens (tertiary/aromatic N) is 2. The first-order valence-corrected chi connectivity index (χ1v) is 4.95. The van der Waals surface area contributed by atoms with Gasteiger partial charge >= 0.3 is 0 Å². The lowest BCUT2D eigenvalue weighted by molar-refractivity contribution is 0.122. The molecule has 0 atom stereocenters. The van der Waals surface area contributed by atoms with Gasteiger partial charge in [-0.25, -0.2) is 8.78 Å². The fraction of sp³-hybridized carbons (Fsp3) is 0.364. The lowest BCUT2D eigenvalue weighted by atomic mass is 10.1. The van der Waals surface area contributed by atoms with Crippen LogP contribution in [0.5, 0.6) is 0 Å². The molecule has 0 unspecified atom stereocenters. The second-order valence-corrected chi connectivity index (χ2v) is 3.47. The molecule has 16 heavy (non-hydrogen) atoms. The number of hydrogen-bond donors (Lipinski definition) is 0. The maximum Gasteiger partial charge on any atom is 0.183 e. The van der Waals surface area contributed by atoms with Crippen LogP contribution in [0.2, 0.25) is 0 Å². The smallest absolute Gasteiger partial charge is 0.183 e. The average molecular weight is 224 g/mol. The maximum atomic E-state index is 13.6. The number of rotatable bonds is 1. The SMILES string of the molecule is N#Cc1ccc(N2CCOCC2)c(F)c1F. The van der Waals surface area contributed by atoms with Gasteiger partial charge in [-0.1, -0.05) is 0 Å². The Hall–Kier alpha value is -1.67. The number of hydrogen-bond acceptors (Lipinski definition) is 3. The van der Waals surface area contributed by atoms with E-state index in [2.05, 4.69) is 0 Å². The van der Waals surface area contributed by atoms with Crippen molar-refractivity contribution < 1.29 is 13.5 Å². The second kappa shape index (κ2) is 4.45. The molecule has 0 saturated carbocycles. The Morgan fingerprint density at radius 2 is 1.88 bits per heavy atom. The molecule has 5 heteroatoms. The molecule has 1 saturated heterocycles. The Morgan fingerprint density at radius 1 is 1.19 bits per heavy atom. The van der Waals surface area contributed by atoms with E-state index < -0.39 is 11.6 Å². The standard InChI is InChI=1S/C11H10F2N2O/c12-10-8(7-14)1-2-9(11(10)13)15-3-5-16-6-4-15/h1-2H,3-6H2. The summed E-state index contributed by atoms with van der Waals surface area (Å²) < 4.78 is 32.1. The summed E-state index contributed by atoms with van der Waals surface area (Å²) in [5, 5.41) is 8.55. The summed E-state index contributed by atoms with van der Waals surface area (Å²) in [7, 11) is 0.